The first-order valence-corrected chi connectivity index (χ1v) is 12.0. The largest absolute Gasteiger partial charge is 0.349 e. The molecule has 2 aromatic heterocycles. The van der Waals surface area contributed by atoms with E-state index in [0.29, 0.717) is 21.2 Å². The first-order valence-electron chi connectivity index (χ1n) is 11.6. The van der Waals surface area contributed by atoms with Gasteiger partial charge in [0.1, 0.15) is 21.8 Å². The number of rotatable bonds is 6. The number of nitrogens with zero attached hydrogens (tertiary/aromatic N) is 3. The number of carbonyl (C=O) groups is 1. The van der Waals surface area contributed by atoms with Gasteiger partial charge in [-0.05, 0) is 68.2 Å². The molecule has 1 fully saturated rings. The van der Waals surface area contributed by atoms with E-state index in [0.717, 1.165) is 41.7 Å². The van der Waals surface area contributed by atoms with Crippen LogP contribution in [-0.4, -0.2) is 26.3 Å². The second kappa shape index (κ2) is 10.9. The molecule has 0 radical (unpaired) electrons. The number of halogens is 2. The minimum Gasteiger partial charge on any atom is -0.349 e. The molecule has 4 rings (SSSR count). The fraction of sp³-hybridized carbons (Fsp3) is 0.296. The van der Waals surface area contributed by atoms with Crippen molar-refractivity contribution in [1.29, 1.82) is 0 Å². The smallest absolute Gasteiger partial charge is 0.251 e. The maximum Gasteiger partial charge on any atom is 0.251 e. The summed E-state index contributed by atoms with van der Waals surface area (Å²) in [6, 6.07) is 7.61. The van der Waals surface area contributed by atoms with Crippen molar-refractivity contribution in [3.8, 4) is 11.1 Å². The van der Waals surface area contributed by atoms with E-state index >= 15 is 0 Å². The van der Waals surface area contributed by atoms with Crippen molar-refractivity contribution in [2.24, 2.45) is 7.05 Å². The van der Waals surface area contributed by atoms with Gasteiger partial charge in [-0.25, -0.2) is 13.5 Å². The van der Waals surface area contributed by atoms with Gasteiger partial charge in [0.2, 0.25) is 0 Å². The Labute approximate surface area is 209 Å². The molecule has 3 aromatic rings. The summed E-state index contributed by atoms with van der Waals surface area (Å²) in [5.41, 5.74) is 3.17. The van der Waals surface area contributed by atoms with E-state index in [1.807, 2.05) is 39.0 Å². The van der Waals surface area contributed by atoms with Crippen LogP contribution in [0.25, 0.3) is 27.9 Å². The lowest BCUT2D eigenvalue weighted by atomic mass is 9.98. The number of hydrogen-bond donors (Lipinski definition) is 1. The topological polar surface area (TPSA) is 51.9 Å². The number of nitrogens with one attached hydrogen (secondary N) is 1. The maximum absolute atomic E-state index is 14.6. The van der Waals surface area contributed by atoms with Gasteiger partial charge in [0.05, 0.1) is 6.20 Å². The molecule has 0 saturated heterocycles. The predicted octanol–water partition coefficient (Wildman–Crippen LogP) is 7.20. The summed E-state index contributed by atoms with van der Waals surface area (Å²) < 4.78 is 32.4. The van der Waals surface area contributed by atoms with E-state index in [-0.39, 0.29) is 17.6 Å². The molecule has 5 nitrogen and oxygen atoms in total. The molecule has 184 valence electrons. The second-order valence-corrected chi connectivity index (χ2v) is 8.46. The van der Waals surface area contributed by atoms with Crippen LogP contribution < -0.4 is 5.32 Å². The first-order chi connectivity index (χ1) is 16.8. The van der Waals surface area contributed by atoms with Crippen LogP contribution in [0.1, 0.15) is 49.5 Å². The molecular formula is C27H30F2N4OS. The maximum atomic E-state index is 14.6. The number of amides is 1. The van der Waals surface area contributed by atoms with Crippen LogP contribution in [0.3, 0.4) is 0 Å². The molecule has 0 bridgehead atoms. The van der Waals surface area contributed by atoms with Crippen molar-refractivity contribution in [2.75, 3.05) is 0 Å². The van der Waals surface area contributed by atoms with Gasteiger partial charge in [-0.15, -0.1) is 0 Å². The monoisotopic (exact) mass is 496 g/mol. The van der Waals surface area contributed by atoms with Crippen LogP contribution in [0.5, 0.6) is 0 Å². The van der Waals surface area contributed by atoms with Crippen LogP contribution in [0.15, 0.2) is 60.8 Å². The highest BCUT2D eigenvalue weighted by atomic mass is 32.1. The van der Waals surface area contributed by atoms with Crippen molar-refractivity contribution < 1.29 is 13.6 Å². The van der Waals surface area contributed by atoms with Gasteiger partial charge >= 0.3 is 0 Å². The summed E-state index contributed by atoms with van der Waals surface area (Å²) >= 11 is 5.73. The van der Waals surface area contributed by atoms with E-state index in [2.05, 4.69) is 17.0 Å². The highest BCUT2D eigenvalue weighted by Gasteiger charge is 2.24. The predicted molar refractivity (Wildman–Crippen MR) is 141 cm³/mol. The van der Waals surface area contributed by atoms with Crippen molar-refractivity contribution >= 4 is 34.9 Å². The number of carbonyl (C=O) groups excluding carboxylic acids is 1. The SMILES string of the molecule is C=C/C(F)=C(\C(F)=C/C)n1ncc2cc(-c3cc(C(=O)NC4CC4)ccc3C)c(=S)n(C)c21.CC. The Balaban J connectivity index is 0.00000167. The number of aromatic nitrogens is 3. The molecule has 8 heteroatoms. The Kier molecular flexibility index (Phi) is 8.17. The molecule has 35 heavy (non-hydrogen) atoms. The molecular weight excluding hydrogens is 466 g/mol. The van der Waals surface area contributed by atoms with E-state index in [1.165, 1.54) is 17.8 Å². The van der Waals surface area contributed by atoms with Crippen LogP contribution in [0, 0.1) is 11.6 Å². The highest BCUT2D eigenvalue weighted by molar-refractivity contribution is 7.71. The third-order valence-electron chi connectivity index (χ3n) is 5.72. The molecule has 1 N–H and O–H groups in total. The molecule has 1 saturated carbocycles. The van der Waals surface area contributed by atoms with Gasteiger partial charge in [-0.3, -0.25) is 4.79 Å². The third kappa shape index (κ3) is 5.17. The van der Waals surface area contributed by atoms with Crippen LogP contribution in [0.4, 0.5) is 8.78 Å². The molecule has 2 heterocycles. The van der Waals surface area contributed by atoms with Gasteiger partial charge in [-0.2, -0.15) is 5.10 Å². The number of benzene rings is 1. The number of allylic oxidation sites excluding steroid dienone is 5. The van der Waals surface area contributed by atoms with E-state index in [4.69, 9.17) is 12.2 Å². The van der Waals surface area contributed by atoms with E-state index < -0.39 is 11.7 Å². The molecule has 0 unspecified atom stereocenters. The zero-order chi connectivity index (χ0) is 25.9. The molecule has 1 amide bonds. The lowest BCUT2D eigenvalue weighted by Crippen LogP contribution is -2.25. The highest BCUT2D eigenvalue weighted by Crippen LogP contribution is 2.32. The van der Waals surface area contributed by atoms with Gasteiger partial charge in [0, 0.05) is 29.6 Å². The Morgan fingerprint density at radius 3 is 2.51 bits per heavy atom. The lowest BCUT2D eigenvalue weighted by molar-refractivity contribution is 0.0951. The standard InChI is InChI=1S/C25H24F2N4OS.C2H6/c1-5-20(26)22(21(27)6-2)31-24-16(13-28-31)12-19(25(33)30(24)4)18-11-15(8-7-14(18)3)23(32)29-17-9-10-17;1-2/h5-8,11-13,17H,1,9-10H2,2-4H3,(H,29,32);1-2H3/b21-6+,22-20-;. The summed E-state index contributed by atoms with van der Waals surface area (Å²) in [6.07, 6.45) is 5.65. The van der Waals surface area contributed by atoms with E-state index in [9.17, 15) is 13.6 Å². The summed E-state index contributed by atoms with van der Waals surface area (Å²) in [7, 11) is 1.72. The number of hydrogen-bond acceptors (Lipinski definition) is 3. The molecule has 0 spiro atoms. The summed E-state index contributed by atoms with van der Waals surface area (Å²) in [4.78, 5) is 12.6. The quantitative estimate of drug-likeness (QED) is 0.290. The van der Waals surface area contributed by atoms with Gasteiger partial charge in [-0.1, -0.05) is 38.7 Å². The van der Waals surface area contributed by atoms with Crippen molar-refractivity contribution in [1.82, 2.24) is 19.7 Å². The Morgan fingerprint density at radius 2 is 1.91 bits per heavy atom. The number of pyridine rings is 1. The molecule has 1 aliphatic carbocycles. The summed E-state index contributed by atoms with van der Waals surface area (Å²) in [5, 5.41) is 7.88. The Bertz CT molecular complexity index is 1410. The fourth-order valence-electron chi connectivity index (χ4n) is 3.74. The van der Waals surface area contributed by atoms with Crippen molar-refractivity contribution in [3.63, 3.8) is 0 Å². The molecule has 0 atom stereocenters. The summed E-state index contributed by atoms with van der Waals surface area (Å²) in [5.74, 6) is -1.71. The van der Waals surface area contributed by atoms with Crippen LogP contribution >= 0.6 is 12.2 Å². The van der Waals surface area contributed by atoms with Crippen LogP contribution in [-0.2, 0) is 7.05 Å². The van der Waals surface area contributed by atoms with Gasteiger partial charge < -0.3 is 9.88 Å². The number of fused-ring (bicyclic) bond motifs is 1. The molecule has 1 aromatic carbocycles. The van der Waals surface area contributed by atoms with E-state index in [1.54, 1.807) is 17.7 Å². The Morgan fingerprint density at radius 1 is 1.23 bits per heavy atom. The average Bonchev–Trinajstić information content (AvgIpc) is 3.59. The van der Waals surface area contributed by atoms with Gasteiger partial charge in [0.25, 0.3) is 5.91 Å². The first kappa shape index (κ1) is 26.2. The normalized spacial score (nSPS) is 14.2. The third-order valence-corrected chi connectivity index (χ3v) is 6.22. The minimum absolute atomic E-state index is 0.112. The summed E-state index contributed by atoms with van der Waals surface area (Å²) in [6.45, 7) is 10.8. The zero-order valence-electron chi connectivity index (χ0n) is 20.7. The minimum atomic E-state index is -0.837. The lowest BCUT2D eigenvalue weighted by Gasteiger charge is -2.14. The average molecular weight is 497 g/mol. The molecule has 0 aliphatic heterocycles. The van der Waals surface area contributed by atoms with Gasteiger partial charge in [0.15, 0.2) is 5.83 Å². The van der Waals surface area contributed by atoms with Crippen molar-refractivity contribution in [2.45, 2.75) is 46.6 Å². The molecule has 1 aliphatic rings. The Hall–Kier alpha value is -3.39. The number of aryl methyl sites for hydroxylation is 2. The fourth-order valence-corrected chi connectivity index (χ4v) is 4.00. The van der Waals surface area contributed by atoms with Crippen molar-refractivity contribution in [3.05, 3.63) is 76.6 Å². The van der Waals surface area contributed by atoms with Crippen LogP contribution in [0.2, 0.25) is 0 Å². The zero-order valence-corrected chi connectivity index (χ0v) is 21.5. The second-order valence-electron chi connectivity index (χ2n) is 8.07.